The Kier molecular flexibility index (Phi) is 4.13. The summed E-state index contributed by atoms with van der Waals surface area (Å²) in [5.74, 6) is 1.64. The minimum atomic E-state index is 0.0613. The Balaban J connectivity index is 2.42. The van der Waals surface area contributed by atoms with Crippen molar-refractivity contribution in [1.82, 2.24) is 0 Å². The number of Topliss-reactive ketones (excluding diaryl/α,β-unsaturated/α-hetero) is 1. The number of aryl methyl sites for hydroxylation is 1. The number of hydrogen-bond donors (Lipinski definition) is 0. The number of hydrogen-bond acceptors (Lipinski definition) is 3. The number of ether oxygens (including phenoxy) is 2. The Morgan fingerprint density at radius 3 is 2.11 bits per heavy atom. The number of carbonyl (C=O) groups is 1. The molecular formula is C16H22O3. The van der Waals surface area contributed by atoms with Crippen molar-refractivity contribution in [3.8, 4) is 11.5 Å². The van der Waals surface area contributed by atoms with Gasteiger partial charge in [0.2, 0.25) is 0 Å². The Bertz CT molecular complexity index is 475. The van der Waals surface area contributed by atoms with E-state index in [-0.39, 0.29) is 18.0 Å². The van der Waals surface area contributed by atoms with E-state index in [4.69, 9.17) is 9.47 Å². The SMILES string of the molecule is CC(C)Oc1cc2c(cc1OC(C)C)C(=O)CCC2. The standard InChI is InChI=1S/C16H22O3/c1-10(2)18-15-8-12-6-5-7-14(17)13(12)9-16(15)19-11(3)4/h8-11H,5-7H2,1-4H3. The highest BCUT2D eigenvalue weighted by atomic mass is 16.5. The highest BCUT2D eigenvalue weighted by Crippen LogP contribution is 2.35. The second kappa shape index (κ2) is 5.64. The highest BCUT2D eigenvalue weighted by Gasteiger charge is 2.21. The summed E-state index contributed by atoms with van der Waals surface area (Å²) in [6.07, 6.45) is 2.66. The number of benzene rings is 1. The zero-order chi connectivity index (χ0) is 14.0. The predicted molar refractivity (Wildman–Crippen MR) is 75.2 cm³/mol. The van der Waals surface area contributed by atoms with E-state index in [1.54, 1.807) is 0 Å². The van der Waals surface area contributed by atoms with Crippen LogP contribution in [0.2, 0.25) is 0 Å². The molecule has 1 aliphatic rings. The Hall–Kier alpha value is -1.51. The van der Waals surface area contributed by atoms with Crippen molar-refractivity contribution in [2.24, 2.45) is 0 Å². The summed E-state index contributed by atoms with van der Waals surface area (Å²) in [6, 6.07) is 3.83. The maximum absolute atomic E-state index is 12.0. The molecule has 0 aromatic heterocycles. The average Bonchev–Trinajstić information content (AvgIpc) is 2.29. The van der Waals surface area contributed by atoms with Gasteiger partial charge < -0.3 is 9.47 Å². The molecular weight excluding hydrogens is 240 g/mol. The van der Waals surface area contributed by atoms with Crippen molar-refractivity contribution in [3.05, 3.63) is 23.3 Å². The molecule has 0 unspecified atom stereocenters. The van der Waals surface area contributed by atoms with Crippen molar-refractivity contribution in [3.63, 3.8) is 0 Å². The van der Waals surface area contributed by atoms with Gasteiger partial charge in [0.25, 0.3) is 0 Å². The molecule has 0 saturated carbocycles. The fourth-order valence-electron chi connectivity index (χ4n) is 2.33. The van der Waals surface area contributed by atoms with E-state index >= 15 is 0 Å². The van der Waals surface area contributed by atoms with Crippen LogP contribution in [0.4, 0.5) is 0 Å². The number of ketones is 1. The Morgan fingerprint density at radius 2 is 1.53 bits per heavy atom. The van der Waals surface area contributed by atoms with Gasteiger partial charge in [-0.1, -0.05) is 0 Å². The second-order valence-corrected chi connectivity index (χ2v) is 5.57. The molecule has 0 atom stereocenters. The number of carbonyl (C=O) groups excluding carboxylic acids is 1. The lowest BCUT2D eigenvalue weighted by Crippen LogP contribution is -2.15. The van der Waals surface area contributed by atoms with E-state index < -0.39 is 0 Å². The minimum absolute atomic E-state index is 0.0613. The molecule has 0 saturated heterocycles. The van der Waals surface area contributed by atoms with Crippen LogP contribution in [0.1, 0.15) is 56.5 Å². The summed E-state index contributed by atoms with van der Waals surface area (Å²) in [6.45, 7) is 7.92. The Labute approximate surface area is 114 Å². The summed E-state index contributed by atoms with van der Waals surface area (Å²) >= 11 is 0. The van der Waals surface area contributed by atoms with Crippen molar-refractivity contribution in [2.75, 3.05) is 0 Å². The smallest absolute Gasteiger partial charge is 0.163 e. The molecule has 104 valence electrons. The van der Waals surface area contributed by atoms with Gasteiger partial charge in [-0.2, -0.15) is 0 Å². The molecule has 3 nitrogen and oxygen atoms in total. The molecule has 0 heterocycles. The normalized spacial score (nSPS) is 14.7. The number of fused-ring (bicyclic) bond motifs is 1. The third-order valence-corrected chi connectivity index (χ3v) is 3.05. The lowest BCUT2D eigenvalue weighted by molar-refractivity contribution is 0.0971. The third kappa shape index (κ3) is 3.28. The van der Waals surface area contributed by atoms with E-state index in [0.29, 0.717) is 12.2 Å². The first kappa shape index (κ1) is 13.9. The van der Waals surface area contributed by atoms with Crippen molar-refractivity contribution in [1.29, 1.82) is 0 Å². The lowest BCUT2D eigenvalue weighted by Gasteiger charge is -2.21. The van der Waals surface area contributed by atoms with E-state index in [2.05, 4.69) is 0 Å². The van der Waals surface area contributed by atoms with Crippen molar-refractivity contribution < 1.29 is 14.3 Å². The average molecular weight is 262 g/mol. The van der Waals surface area contributed by atoms with Crippen LogP contribution in [-0.4, -0.2) is 18.0 Å². The van der Waals surface area contributed by atoms with Crippen molar-refractivity contribution in [2.45, 2.75) is 59.2 Å². The van der Waals surface area contributed by atoms with Crippen LogP contribution in [0, 0.1) is 0 Å². The van der Waals surface area contributed by atoms with Gasteiger partial charge in [0, 0.05) is 12.0 Å². The predicted octanol–water partition coefficient (Wildman–Crippen LogP) is 3.78. The van der Waals surface area contributed by atoms with Crippen LogP contribution in [0.5, 0.6) is 11.5 Å². The van der Waals surface area contributed by atoms with E-state index in [1.807, 2.05) is 39.8 Å². The summed E-state index contributed by atoms with van der Waals surface area (Å²) in [4.78, 5) is 12.0. The van der Waals surface area contributed by atoms with E-state index in [9.17, 15) is 4.79 Å². The molecule has 0 spiro atoms. The van der Waals surface area contributed by atoms with Crippen LogP contribution in [0.3, 0.4) is 0 Å². The van der Waals surface area contributed by atoms with Gasteiger partial charge >= 0.3 is 0 Å². The molecule has 0 bridgehead atoms. The van der Waals surface area contributed by atoms with Crippen LogP contribution in [0.15, 0.2) is 12.1 Å². The summed E-state index contributed by atoms with van der Waals surface area (Å²) in [5.41, 5.74) is 1.89. The largest absolute Gasteiger partial charge is 0.487 e. The first-order valence-corrected chi connectivity index (χ1v) is 7.00. The summed E-state index contributed by atoms with van der Waals surface area (Å²) < 4.78 is 11.6. The lowest BCUT2D eigenvalue weighted by atomic mass is 9.90. The van der Waals surface area contributed by atoms with Gasteiger partial charge in [-0.15, -0.1) is 0 Å². The molecule has 1 aromatic carbocycles. The molecule has 1 aliphatic carbocycles. The van der Waals surface area contributed by atoms with E-state index in [1.165, 1.54) is 0 Å². The zero-order valence-corrected chi connectivity index (χ0v) is 12.2. The Morgan fingerprint density at radius 1 is 0.947 bits per heavy atom. The molecule has 0 radical (unpaired) electrons. The quantitative estimate of drug-likeness (QED) is 0.828. The molecule has 0 N–H and O–H groups in total. The third-order valence-electron chi connectivity index (χ3n) is 3.05. The van der Waals surface area contributed by atoms with E-state index in [0.717, 1.165) is 29.7 Å². The van der Waals surface area contributed by atoms with Crippen LogP contribution >= 0.6 is 0 Å². The molecule has 19 heavy (non-hydrogen) atoms. The van der Waals surface area contributed by atoms with Gasteiger partial charge in [-0.05, 0) is 58.2 Å². The molecule has 2 rings (SSSR count). The summed E-state index contributed by atoms with van der Waals surface area (Å²) in [7, 11) is 0. The fourth-order valence-corrected chi connectivity index (χ4v) is 2.33. The summed E-state index contributed by atoms with van der Waals surface area (Å²) in [5, 5.41) is 0. The van der Waals surface area contributed by atoms with Crippen LogP contribution in [-0.2, 0) is 6.42 Å². The zero-order valence-electron chi connectivity index (χ0n) is 12.2. The topological polar surface area (TPSA) is 35.5 Å². The van der Waals surface area contributed by atoms with Crippen LogP contribution < -0.4 is 9.47 Å². The monoisotopic (exact) mass is 262 g/mol. The van der Waals surface area contributed by atoms with Gasteiger partial charge in [-0.25, -0.2) is 0 Å². The molecule has 0 aliphatic heterocycles. The van der Waals surface area contributed by atoms with Crippen LogP contribution in [0.25, 0.3) is 0 Å². The number of rotatable bonds is 4. The fraction of sp³-hybridized carbons (Fsp3) is 0.562. The maximum Gasteiger partial charge on any atom is 0.163 e. The maximum atomic E-state index is 12.0. The second-order valence-electron chi connectivity index (χ2n) is 5.57. The molecule has 0 amide bonds. The van der Waals surface area contributed by atoms with Gasteiger partial charge in [0.05, 0.1) is 12.2 Å². The molecule has 1 aromatic rings. The van der Waals surface area contributed by atoms with Gasteiger partial charge in [-0.3, -0.25) is 4.79 Å². The first-order chi connectivity index (χ1) is 8.97. The minimum Gasteiger partial charge on any atom is -0.487 e. The van der Waals surface area contributed by atoms with Gasteiger partial charge in [0.1, 0.15) is 0 Å². The van der Waals surface area contributed by atoms with Gasteiger partial charge in [0.15, 0.2) is 17.3 Å². The molecule has 3 heteroatoms. The first-order valence-electron chi connectivity index (χ1n) is 7.00. The van der Waals surface area contributed by atoms with Crippen molar-refractivity contribution >= 4 is 5.78 Å². The molecule has 0 fully saturated rings. The highest BCUT2D eigenvalue weighted by molar-refractivity contribution is 5.99.